The van der Waals surface area contributed by atoms with E-state index in [4.69, 9.17) is 19.3 Å². The number of ether oxygens (including phenoxy) is 3. The number of rotatable bonds is 20. The van der Waals surface area contributed by atoms with E-state index in [0.29, 0.717) is 6.61 Å². The topological polar surface area (TPSA) is 47.9 Å². The van der Waals surface area contributed by atoms with Crippen molar-refractivity contribution in [1.29, 1.82) is 0 Å². The third kappa shape index (κ3) is 23.3. The quantitative estimate of drug-likeness (QED) is 0.166. The maximum atomic E-state index is 8.86. The standard InChI is InChI=1S/C21H42O4/c1-3-4-5-6-7-8-9-10-11-13-16-23-17-14-12-15-18-24-19-20-25-21(2)22/h19-22H,3-18H2,1-2H3. The molecule has 0 rings (SSSR count). The summed E-state index contributed by atoms with van der Waals surface area (Å²) in [6.45, 7) is 6.27. The van der Waals surface area contributed by atoms with E-state index in [9.17, 15) is 0 Å². The Hall–Kier alpha value is -0.740. The van der Waals surface area contributed by atoms with Crippen LogP contribution in [0.3, 0.4) is 0 Å². The number of aliphatic hydroxyl groups excluding tert-OH is 1. The molecule has 0 amide bonds. The lowest BCUT2D eigenvalue weighted by Crippen LogP contribution is -2.00. The van der Waals surface area contributed by atoms with Gasteiger partial charge in [-0.25, -0.2) is 0 Å². The first-order chi connectivity index (χ1) is 12.3. The molecule has 4 nitrogen and oxygen atoms in total. The van der Waals surface area contributed by atoms with E-state index < -0.39 is 6.29 Å². The summed E-state index contributed by atoms with van der Waals surface area (Å²) in [4.78, 5) is 0. The van der Waals surface area contributed by atoms with E-state index in [2.05, 4.69) is 6.92 Å². The van der Waals surface area contributed by atoms with Crippen LogP contribution in [0.5, 0.6) is 0 Å². The van der Waals surface area contributed by atoms with Crippen molar-refractivity contribution < 1.29 is 19.3 Å². The summed E-state index contributed by atoms with van der Waals surface area (Å²) < 4.78 is 15.7. The van der Waals surface area contributed by atoms with Crippen molar-refractivity contribution in [3.05, 3.63) is 12.5 Å². The van der Waals surface area contributed by atoms with E-state index in [1.165, 1.54) is 76.7 Å². The molecular weight excluding hydrogens is 316 g/mol. The molecule has 0 radical (unpaired) electrons. The first-order valence-corrected chi connectivity index (χ1v) is 10.4. The van der Waals surface area contributed by atoms with Gasteiger partial charge in [0.2, 0.25) is 0 Å². The predicted molar refractivity (Wildman–Crippen MR) is 104 cm³/mol. The number of hydrogen-bond acceptors (Lipinski definition) is 4. The van der Waals surface area contributed by atoms with Crippen LogP contribution >= 0.6 is 0 Å². The SMILES string of the molecule is CCCCCCCCCCCCOCCCCCOC=COC(C)O. The lowest BCUT2D eigenvalue weighted by molar-refractivity contribution is -0.0376. The van der Waals surface area contributed by atoms with Gasteiger partial charge < -0.3 is 19.3 Å². The average molecular weight is 359 g/mol. The number of unbranched alkanes of at least 4 members (excludes halogenated alkanes) is 11. The van der Waals surface area contributed by atoms with Crippen LogP contribution in [0.2, 0.25) is 0 Å². The van der Waals surface area contributed by atoms with Crippen molar-refractivity contribution in [3.8, 4) is 0 Å². The summed E-state index contributed by atoms with van der Waals surface area (Å²) in [6, 6.07) is 0. The molecule has 0 saturated heterocycles. The summed E-state index contributed by atoms with van der Waals surface area (Å²) in [5.41, 5.74) is 0. The molecule has 0 aliphatic heterocycles. The summed E-state index contributed by atoms with van der Waals surface area (Å²) in [5.74, 6) is 0. The van der Waals surface area contributed by atoms with Crippen LogP contribution in [0.15, 0.2) is 12.5 Å². The molecule has 0 heterocycles. The second-order valence-corrected chi connectivity index (χ2v) is 6.73. The Morgan fingerprint density at radius 1 is 0.680 bits per heavy atom. The average Bonchev–Trinajstić information content (AvgIpc) is 2.60. The molecule has 1 atom stereocenters. The third-order valence-electron chi connectivity index (χ3n) is 4.12. The highest BCUT2D eigenvalue weighted by atomic mass is 16.6. The second-order valence-electron chi connectivity index (χ2n) is 6.73. The molecule has 1 unspecified atom stereocenters. The zero-order valence-corrected chi connectivity index (χ0v) is 16.7. The van der Waals surface area contributed by atoms with Gasteiger partial charge in [-0.2, -0.15) is 0 Å². The highest BCUT2D eigenvalue weighted by Crippen LogP contribution is 2.10. The van der Waals surface area contributed by atoms with Crippen molar-refractivity contribution >= 4 is 0 Å². The van der Waals surface area contributed by atoms with Crippen molar-refractivity contribution in [3.63, 3.8) is 0 Å². The van der Waals surface area contributed by atoms with Crippen molar-refractivity contribution in [1.82, 2.24) is 0 Å². The monoisotopic (exact) mass is 358 g/mol. The molecule has 25 heavy (non-hydrogen) atoms. The van der Waals surface area contributed by atoms with Crippen LogP contribution < -0.4 is 0 Å². The van der Waals surface area contributed by atoms with Gasteiger partial charge in [0.15, 0.2) is 6.29 Å². The van der Waals surface area contributed by atoms with Gasteiger partial charge in [0.05, 0.1) is 6.61 Å². The van der Waals surface area contributed by atoms with Crippen LogP contribution in [-0.2, 0) is 14.2 Å². The molecule has 0 fully saturated rings. The molecule has 0 bridgehead atoms. The largest absolute Gasteiger partial charge is 0.498 e. The van der Waals surface area contributed by atoms with Crippen LogP contribution in [0.1, 0.15) is 97.3 Å². The maximum Gasteiger partial charge on any atom is 0.193 e. The molecular formula is C21H42O4. The van der Waals surface area contributed by atoms with Crippen molar-refractivity contribution in [2.45, 2.75) is 104 Å². The van der Waals surface area contributed by atoms with Gasteiger partial charge in [0.25, 0.3) is 0 Å². The summed E-state index contributed by atoms with van der Waals surface area (Å²) >= 11 is 0. The zero-order chi connectivity index (χ0) is 18.4. The Morgan fingerprint density at radius 2 is 1.16 bits per heavy atom. The molecule has 4 heteroatoms. The van der Waals surface area contributed by atoms with E-state index in [1.54, 1.807) is 6.92 Å². The minimum absolute atomic E-state index is 0.679. The van der Waals surface area contributed by atoms with E-state index in [-0.39, 0.29) is 0 Å². The fourth-order valence-corrected chi connectivity index (χ4v) is 2.61. The molecule has 0 aromatic rings. The molecule has 150 valence electrons. The fraction of sp³-hybridized carbons (Fsp3) is 0.905. The molecule has 0 spiro atoms. The fourth-order valence-electron chi connectivity index (χ4n) is 2.61. The minimum atomic E-state index is -0.785. The van der Waals surface area contributed by atoms with Gasteiger partial charge in [-0.05, 0) is 32.6 Å². The van der Waals surface area contributed by atoms with Gasteiger partial charge in [-0.3, -0.25) is 0 Å². The Morgan fingerprint density at radius 3 is 1.72 bits per heavy atom. The van der Waals surface area contributed by atoms with Gasteiger partial charge >= 0.3 is 0 Å². The number of aliphatic hydroxyl groups is 1. The normalized spacial score (nSPS) is 12.6. The first kappa shape index (κ1) is 24.3. The highest BCUT2D eigenvalue weighted by Gasteiger charge is 1.94. The zero-order valence-electron chi connectivity index (χ0n) is 16.7. The summed E-state index contributed by atoms with van der Waals surface area (Å²) in [5, 5.41) is 8.86. The Labute approximate surface area is 155 Å². The Bertz CT molecular complexity index is 267. The predicted octanol–water partition coefficient (Wildman–Crippen LogP) is 5.94. The van der Waals surface area contributed by atoms with Gasteiger partial charge in [-0.1, -0.05) is 64.7 Å². The molecule has 0 aliphatic rings. The van der Waals surface area contributed by atoms with Crippen LogP contribution in [0, 0.1) is 0 Å². The Kier molecular flexibility index (Phi) is 20.7. The van der Waals surface area contributed by atoms with E-state index in [0.717, 1.165) is 32.5 Å². The van der Waals surface area contributed by atoms with Crippen molar-refractivity contribution in [2.24, 2.45) is 0 Å². The Balaban J connectivity index is 3.02. The van der Waals surface area contributed by atoms with Gasteiger partial charge in [0.1, 0.15) is 12.5 Å². The van der Waals surface area contributed by atoms with E-state index in [1.807, 2.05) is 0 Å². The maximum absolute atomic E-state index is 8.86. The van der Waals surface area contributed by atoms with Gasteiger partial charge in [-0.15, -0.1) is 0 Å². The highest BCUT2D eigenvalue weighted by molar-refractivity contribution is 4.61. The molecule has 0 aliphatic carbocycles. The number of hydrogen-bond donors (Lipinski definition) is 1. The van der Waals surface area contributed by atoms with Crippen LogP contribution in [0.25, 0.3) is 0 Å². The molecule has 0 saturated carbocycles. The lowest BCUT2D eigenvalue weighted by atomic mass is 10.1. The summed E-state index contributed by atoms with van der Waals surface area (Å²) in [6.07, 6.45) is 19.0. The molecule has 1 N–H and O–H groups in total. The molecule has 0 aromatic carbocycles. The smallest absolute Gasteiger partial charge is 0.193 e. The first-order valence-electron chi connectivity index (χ1n) is 10.4. The van der Waals surface area contributed by atoms with Crippen LogP contribution in [0.4, 0.5) is 0 Å². The van der Waals surface area contributed by atoms with Crippen molar-refractivity contribution in [2.75, 3.05) is 19.8 Å². The minimum Gasteiger partial charge on any atom is -0.498 e. The van der Waals surface area contributed by atoms with E-state index >= 15 is 0 Å². The third-order valence-corrected chi connectivity index (χ3v) is 4.12. The van der Waals surface area contributed by atoms with Gasteiger partial charge in [0, 0.05) is 13.2 Å². The second kappa shape index (κ2) is 21.3. The lowest BCUT2D eigenvalue weighted by Gasteiger charge is -2.05. The van der Waals surface area contributed by atoms with Crippen LogP contribution in [-0.4, -0.2) is 31.2 Å². The summed E-state index contributed by atoms with van der Waals surface area (Å²) in [7, 11) is 0. The molecule has 0 aromatic heterocycles.